The Balaban J connectivity index is 1.78. The van der Waals surface area contributed by atoms with Gasteiger partial charge in [0.1, 0.15) is 5.82 Å². The van der Waals surface area contributed by atoms with Gasteiger partial charge in [-0.1, -0.05) is 0 Å². The monoisotopic (exact) mass is 343 g/mol. The fourth-order valence-electron chi connectivity index (χ4n) is 3.95. The van der Waals surface area contributed by atoms with Crippen molar-refractivity contribution in [2.24, 2.45) is 5.41 Å². The van der Waals surface area contributed by atoms with Crippen LogP contribution in [0.25, 0.3) is 0 Å². The summed E-state index contributed by atoms with van der Waals surface area (Å²) in [6, 6.07) is 2.11. The van der Waals surface area contributed by atoms with Crippen molar-refractivity contribution in [2.45, 2.75) is 38.4 Å². The maximum absolute atomic E-state index is 12.9. The van der Waals surface area contributed by atoms with Gasteiger partial charge in [0.15, 0.2) is 0 Å². The lowest BCUT2D eigenvalue weighted by Crippen LogP contribution is -2.47. The average Bonchev–Trinajstić information content (AvgIpc) is 2.84. The van der Waals surface area contributed by atoms with Gasteiger partial charge in [-0.25, -0.2) is 9.78 Å². The standard InChI is InChI=1S/C16H20F3N3O2/c1-11-15(3-7-21(8-4-15)14(23)24)5-9-22(11)13-10-12(2-6-20-13)16(17,18)19/h2,6,10-11H,3-5,7-9H2,1H3,(H,23,24). The Morgan fingerprint density at radius 3 is 2.50 bits per heavy atom. The van der Waals surface area contributed by atoms with Gasteiger partial charge >= 0.3 is 12.3 Å². The molecule has 3 heterocycles. The molecule has 2 aliphatic heterocycles. The highest BCUT2D eigenvalue weighted by Gasteiger charge is 2.47. The predicted molar refractivity (Wildman–Crippen MR) is 81.9 cm³/mol. The Morgan fingerprint density at radius 1 is 1.29 bits per heavy atom. The summed E-state index contributed by atoms with van der Waals surface area (Å²) in [5.74, 6) is 0.342. The summed E-state index contributed by atoms with van der Waals surface area (Å²) in [6.07, 6.45) is -1.79. The van der Waals surface area contributed by atoms with Gasteiger partial charge in [0.05, 0.1) is 5.56 Å². The minimum absolute atomic E-state index is 0.0319. The normalized spacial score (nSPS) is 23.8. The van der Waals surface area contributed by atoms with Gasteiger partial charge in [0.25, 0.3) is 0 Å². The highest BCUT2D eigenvalue weighted by Crippen LogP contribution is 2.46. The third-order valence-electron chi connectivity index (χ3n) is 5.60. The summed E-state index contributed by atoms with van der Waals surface area (Å²) >= 11 is 0. The van der Waals surface area contributed by atoms with E-state index in [1.54, 1.807) is 0 Å². The van der Waals surface area contributed by atoms with Crippen LogP contribution in [-0.4, -0.2) is 46.8 Å². The van der Waals surface area contributed by atoms with Crippen molar-refractivity contribution in [1.29, 1.82) is 0 Å². The number of carboxylic acid groups (broad SMARTS) is 1. The molecule has 1 unspecified atom stereocenters. The maximum atomic E-state index is 12.9. The molecule has 2 saturated heterocycles. The maximum Gasteiger partial charge on any atom is 0.416 e. The number of anilines is 1. The number of pyridine rings is 1. The van der Waals surface area contributed by atoms with Gasteiger partial charge in [0, 0.05) is 31.9 Å². The molecule has 0 bridgehead atoms. The van der Waals surface area contributed by atoms with Crippen LogP contribution < -0.4 is 4.90 Å². The van der Waals surface area contributed by atoms with Gasteiger partial charge < -0.3 is 14.9 Å². The zero-order chi connectivity index (χ0) is 17.5. The minimum atomic E-state index is -4.38. The topological polar surface area (TPSA) is 56.7 Å². The third-order valence-corrected chi connectivity index (χ3v) is 5.60. The molecular weight excluding hydrogens is 323 g/mol. The molecule has 0 aliphatic carbocycles. The Bertz CT molecular complexity index is 627. The zero-order valence-electron chi connectivity index (χ0n) is 13.4. The molecule has 1 atom stereocenters. The van der Waals surface area contributed by atoms with E-state index < -0.39 is 17.8 Å². The molecule has 5 nitrogen and oxygen atoms in total. The Hall–Kier alpha value is -1.99. The summed E-state index contributed by atoms with van der Waals surface area (Å²) in [4.78, 5) is 18.5. The molecule has 2 aliphatic rings. The molecule has 2 fully saturated rings. The van der Waals surface area contributed by atoms with E-state index >= 15 is 0 Å². The lowest BCUT2D eigenvalue weighted by molar-refractivity contribution is -0.137. The zero-order valence-corrected chi connectivity index (χ0v) is 13.4. The molecule has 1 spiro atoms. The van der Waals surface area contributed by atoms with Gasteiger partial charge in [-0.2, -0.15) is 13.2 Å². The molecule has 1 amide bonds. The van der Waals surface area contributed by atoms with Crippen molar-refractivity contribution in [3.8, 4) is 0 Å². The number of aromatic nitrogens is 1. The second-order valence-corrected chi connectivity index (χ2v) is 6.65. The summed E-state index contributed by atoms with van der Waals surface area (Å²) in [5, 5.41) is 9.07. The second-order valence-electron chi connectivity index (χ2n) is 6.65. The quantitative estimate of drug-likeness (QED) is 0.848. The van der Waals surface area contributed by atoms with Crippen LogP contribution in [0.3, 0.4) is 0 Å². The van der Waals surface area contributed by atoms with E-state index in [0.29, 0.717) is 25.5 Å². The summed E-state index contributed by atoms with van der Waals surface area (Å²) in [6.45, 7) is 3.60. The van der Waals surface area contributed by atoms with Gasteiger partial charge in [-0.3, -0.25) is 0 Å². The number of carbonyl (C=O) groups is 1. The number of likely N-dealkylation sites (tertiary alicyclic amines) is 1. The summed E-state index contributed by atoms with van der Waals surface area (Å²) < 4.78 is 38.7. The molecule has 0 aromatic carbocycles. The molecule has 3 rings (SSSR count). The number of hydrogen-bond acceptors (Lipinski definition) is 3. The van der Waals surface area contributed by atoms with E-state index in [4.69, 9.17) is 5.11 Å². The fourth-order valence-corrected chi connectivity index (χ4v) is 3.95. The SMILES string of the molecule is CC1N(c2cc(C(F)(F)F)ccn2)CCC12CCN(C(=O)O)CC2. The third kappa shape index (κ3) is 2.89. The van der Waals surface area contributed by atoms with Crippen molar-refractivity contribution >= 4 is 11.9 Å². The van der Waals surface area contributed by atoms with Crippen molar-refractivity contribution in [3.05, 3.63) is 23.9 Å². The highest BCUT2D eigenvalue weighted by atomic mass is 19.4. The Kier molecular flexibility index (Phi) is 4.09. The molecule has 132 valence electrons. The molecule has 8 heteroatoms. The first-order valence-corrected chi connectivity index (χ1v) is 8.01. The number of alkyl halides is 3. The summed E-state index contributed by atoms with van der Waals surface area (Å²) in [5.41, 5.74) is -0.747. The average molecular weight is 343 g/mol. The van der Waals surface area contributed by atoms with Crippen LogP contribution in [0.5, 0.6) is 0 Å². The van der Waals surface area contributed by atoms with Crippen molar-refractivity contribution in [2.75, 3.05) is 24.5 Å². The molecule has 1 aromatic rings. The first kappa shape index (κ1) is 16.9. The molecule has 0 saturated carbocycles. The second kappa shape index (κ2) is 5.82. The number of amides is 1. The number of piperidine rings is 1. The van der Waals surface area contributed by atoms with Crippen LogP contribution >= 0.6 is 0 Å². The number of nitrogens with zero attached hydrogens (tertiary/aromatic N) is 3. The van der Waals surface area contributed by atoms with Crippen LogP contribution in [0.15, 0.2) is 18.3 Å². The van der Waals surface area contributed by atoms with Crippen molar-refractivity contribution in [1.82, 2.24) is 9.88 Å². The lowest BCUT2D eigenvalue weighted by atomic mass is 9.73. The van der Waals surface area contributed by atoms with Gasteiger partial charge in [-0.05, 0) is 43.7 Å². The molecule has 1 N–H and O–H groups in total. The lowest BCUT2D eigenvalue weighted by Gasteiger charge is -2.42. The van der Waals surface area contributed by atoms with E-state index in [1.165, 1.54) is 11.1 Å². The van der Waals surface area contributed by atoms with Gasteiger partial charge in [0.2, 0.25) is 0 Å². The van der Waals surface area contributed by atoms with E-state index in [1.807, 2.05) is 11.8 Å². The van der Waals surface area contributed by atoms with Crippen LogP contribution in [0.1, 0.15) is 31.7 Å². The van der Waals surface area contributed by atoms with Crippen LogP contribution in [0, 0.1) is 5.41 Å². The van der Waals surface area contributed by atoms with E-state index in [2.05, 4.69) is 4.98 Å². The minimum Gasteiger partial charge on any atom is -0.465 e. The largest absolute Gasteiger partial charge is 0.465 e. The van der Waals surface area contributed by atoms with E-state index in [-0.39, 0.29) is 11.5 Å². The molecule has 1 aromatic heterocycles. The molecular formula is C16H20F3N3O2. The fraction of sp³-hybridized carbons (Fsp3) is 0.625. The highest BCUT2D eigenvalue weighted by molar-refractivity contribution is 5.65. The van der Waals surface area contributed by atoms with Gasteiger partial charge in [-0.15, -0.1) is 0 Å². The first-order valence-electron chi connectivity index (χ1n) is 8.01. The van der Waals surface area contributed by atoms with Crippen LogP contribution in [0.4, 0.5) is 23.8 Å². The van der Waals surface area contributed by atoms with Crippen LogP contribution in [0.2, 0.25) is 0 Å². The number of rotatable bonds is 1. The van der Waals surface area contributed by atoms with Crippen molar-refractivity contribution in [3.63, 3.8) is 0 Å². The first-order chi connectivity index (χ1) is 11.2. The number of halogens is 3. The Morgan fingerprint density at radius 2 is 1.92 bits per heavy atom. The Labute approximate surface area is 138 Å². The molecule has 0 radical (unpaired) electrons. The van der Waals surface area contributed by atoms with Crippen LogP contribution in [-0.2, 0) is 6.18 Å². The number of hydrogen-bond donors (Lipinski definition) is 1. The van der Waals surface area contributed by atoms with E-state index in [9.17, 15) is 18.0 Å². The summed E-state index contributed by atoms with van der Waals surface area (Å²) in [7, 11) is 0. The van der Waals surface area contributed by atoms with Crippen molar-refractivity contribution < 1.29 is 23.1 Å². The smallest absolute Gasteiger partial charge is 0.416 e. The molecule has 24 heavy (non-hydrogen) atoms. The van der Waals surface area contributed by atoms with E-state index in [0.717, 1.165) is 31.4 Å². The predicted octanol–water partition coefficient (Wildman–Crippen LogP) is 3.46.